The first kappa shape index (κ1) is 60.5. The van der Waals surface area contributed by atoms with Crippen LogP contribution in [-0.4, -0.2) is 81.6 Å². The number of hydrogen-bond donors (Lipinski definition) is 5. The quantitative estimate of drug-likeness (QED) is 0.0127. The van der Waals surface area contributed by atoms with Gasteiger partial charge in [0.25, 0.3) is 0 Å². The summed E-state index contributed by atoms with van der Waals surface area (Å²) in [5.74, 6) is -0.522. The molecular weight excluding hydrogens is 850 g/mol. The molecule has 0 aromatic rings. The van der Waals surface area contributed by atoms with Crippen molar-refractivity contribution in [3.63, 3.8) is 0 Å². The van der Waals surface area contributed by atoms with E-state index in [1.807, 2.05) is 12.2 Å². The molecule has 0 amide bonds. The minimum Gasteiger partial charge on any atom is -0.462 e. The predicted molar refractivity (Wildman–Crippen MR) is 250 cm³/mol. The van der Waals surface area contributed by atoms with Crippen molar-refractivity contribution in [2.24, 2.45) is 5.92 Å². The van der Waals surface area contributed by atoms with Crippen molar-refractivity contribution in [2.45, 2.75) is 180 Å². The SMILES string of the molecule is CC/C=C\C/C=C\C/C=C\C/C=C\C/C=C\C=C/C(O)CCC(=O)O[C@H](COC(=O)CCCCCCCCCCCCCCCC(C)C)COP(=O)(O)OC[C@@H](O)COP(=O)(O)O. The first-order valence-electron chi connectivity index (χ1n) is 23.1. The van der Waals surface area contributed by atoms with Crippen molar-refractivity contribution in [3.05, 3.63) is 72.9 Å². The van der Waals surface area contributed by atoms with Crippen LogP contribution in [0.1, 0.15) is 162 Å². The number of hydrogen-bond acceptors (Lipinski definition) is 11. The molecule has 0 rings (SSSR count). The van der Waals surface area contributed by atoms with Crippen molar-refractivity contribution in [2.75, 3.05) is 26.4 Å². The van der Waals surface area contributed by atoms with E-state index in [4.69, 9.17) is 23.8 Å². The van der Waals surface area contributed by atoms with E-state index in [0.29, 0.717) is 6.42 Å². The maximum Gasteiger partial charge on any atom is 0.472 e. The summed E-state index contributed by atoms with van der Waals surface area (Å²) in [5.41, 5.74) is 0. The Kier molecular flexibility index (Phi) is 39.4. The van der Waals surface area contributed by atoms with E-state index in [2.05, 4.69) is 72.4 Å². The summed E-state index contributed by atoms with van der Waals surface area (Å²) >= 11 is 0. The van der Waals surface area contributed by atoms with Gasteiger partial charge in [-0.25, -0.2) is 9.13 Å². The lowest BCUT2D eigenvalue weighted by atomic mass is 10.0. The summed E-state index contributed by atoms with van der Waals surface area (Å²) in [6.07, 6.45) is 40.8. The van der Waals surface area contributed by atoms with Crippen LogP contribution in [0.4, 0.5) is 0 Å². The molecule has 16 heteroatoms. The fraction of sp³-hybridized carbons (Fsp3) is 0.702. The number of aliphatic hydroxyl groups is 2. The summed E-state index contributed by atoms with van der Waals surface area (Å²) in [7, 11) is -9.77. The Morgan fingerprint density at radius 1 is 0.540 bits per heavy atom. The Hall–Kier alpha value is -2.48. The molecule has 0 aliphatic rings. The third kappa shape index (κ3) is 45.9. The number of carbonyl (C=O) groups excluding carboxylic acids is 2. The number of esters is 2. The first-order chi connectivity index (χ1) is 30.1. The average molecular weight is 933 g/mol. The second kappa shape index (κ2) is 41.0. The molecule has 4 atom stereocenters. The van der Waals surface area contributed by atoms with Crippen LogP contribution < -0.4 is 0 Å². The summed E-state index contributed by atoms with van der Waals surface area (Å²) in [6.45, 7) is 3.70. The summed E-state index contributed by atoms with van der Waals surface area (Å²) < 4.78 is 47.6. The van der Waals surface area contributed by atoms with Crippen molar-refractivity contribution in [1.82, 2.24) is 0 Å². The van der Waals surface area contributed by atoms with Crippen LogP contribution in [0.15, 0.2) is 72.9 Å². The molecule has 0 saturated carbocycles. The molecule has 14 nitrogen and oxygen atoms in total. The van der Waals surface area contributed by atoms with Crippen molar-refractivity contribution >= 4 is 27.6 Å². The molecule has 0 aliphatic heterocycles. The van der Waals surface area contributed by atoms with Crippen molar-refractivity contribution in [3.8, 4) is 0 Å². The zero-order valence-corrected chi connectivity index (χ0v) is 40.2. The molecule has 0 radical (unpaired) electrons. The Balaban J connectivity index is 4.72. The van der Waals surface area contributed by atoms with E-state index < -0.39 is 72.3 Å². The molecular formula is C47H82O14P2. The van der Waals surface area contributed by atoms with Gasteiger partial charge in [-0.2, -0.15) is 0 Å². The highest BCUT2D eigenvalue weighted by atomic mass is 31.2. The van der Waals surface area contributed by atoms with Crippen LogP contribution in [0, 0.1) is 5.92 Å². The van der Waals surface area contributed by atoms with Crippen LogP contribution in [0.2, 0.25) is 0 Å². The molecule has 0 aromatic heterocycles. The highest BCUT2D eigenvalue weighted by Gasteiger charge is 2.28. The van der Waals surface area contributed by atoms with Crippen LogP contribution in [-0.2, 0) is 41.8 Å². The monoisotopic (exact) mass is 933 g/mol. The fourth-order valence-corrected chi connectivity index (χ4v) is 7.03. The lowest BCUT2D eigenvalue weighted by Gasteiger charge is -2.20. The van der Waals surface area contributed by atoms with Gasteiger partial charge in [-0.3, -0.25) is 23.2 Å². The maximum atomic E-state index is 12.7. The van der Waals surface area contributed by atoms with Gasteiger partial charge in [-0.05, 0) is 50.9 Å². The fourth-order valence-electron chi connectivity index (χ4n) is 5.88. The largest absolute Gasteiger partial charge is 0.472 e. The molecule has 0 heterocycles. The molecule has 0 saturated heterocycles. The molecule has 63 heavy (non-hydrogen) atoms. The number of phosphoric ester groups is 2. The second-order valence-electron chi connectivity index (χ2n) is 16.0. The number of aliphatic hydroxyl groups excluding tert-OH is 2. The average Bonchev–Trinajstić information content (AvgIpc) is 3.23. The molecule has 2 unspecified atom stereocenters. The molecule has 0 spiro atoms. The molecule has 5 N–H and O–H groups in total. The van der Waals surface area contributed by atoms with E-state index in [9.17, 15) is 33.8 Å². The summed E-state index contributed by atoms with van der Waals surface area (Å²) in [4.78, 5) is 52.8. The van der Waals surface area contributed by atoms with Gasteiger partial charge in [0.15, 0.2) is 6.10 Å². The Bertz CT molecular complexity index is 1420. The van der Waals surface area contributed by atoms with Crippen LogP contribution in [0.5, 0.6) is 0 Å². The van der Waals surface area contributed by atoms with E-state index in [1.54, 1.807) is 12.2 Å². The Morgan fingerprint density at radius 2 is 1.02 bits per heavy atom. The third-order valence-corrected chi connectivity index (χ3v) is 10.8. The third-order valence-electron chi connectivity index (χ3n) is 9.40. The van der Waals surface area contributed by atoms with Gasteiger partial charge >= 0.3 is 27.6 Å². The van der Waals surface area contributed by atoms with Crippen LogP contribution in [0.3, 0.4) is 0 Å². The van der Waals surface area contributed by atoms with Crippen molar-refractivity contribution < 1.29 is 66.7 Å². The number of unbranched alkanes of at least 4 members (excludes halogenated alkanes) is 12. The van der Waals surface area contributed by atoms with E-state index >= 15 is 0 Å². The minimum atomic E-state index is -4.89. The van der Waals surface area contributed by atoms with E-state index in [-0.39, 0.29) is 19.3 Å². The van der Waals surface area contributed by atoms with Crippen LogP contribution >= 0.6 is 15.6 Å². The van der Waals surface area contributed by atoms with Gasteiger partial charge in [-0.15, -0.1) is 0 Å². The zero-order valence-electron chi connectivity index (χ0n) is 38.4. The molecule has 0 aliphatic carbocycles. The van der Waals surface area contributed by atoms with Gasteiger partial charge in [0.1, 0.15) is 12.7 Å². The number of phosphoric acid groups is 2. The number of rotatable bonds is 42. The lowest BCUT2D eigenvalue weighted by Crippen LogP contribution is -2.30. The summed E-state index contributed by atoms with van der Waals surface area (Å²) in [5, 5.41) is 20.1. The topological polar surface area (TPSA) is 216 Å². The second-order valence-corrected chi connectivity index (χ2v) is 18.7. The maximum absolute atomic E-state index is 12.7. The highest BCUT2D eigenvalue weighted by molar-refractivity contribution is 7.47. The highest BCUT2D eigenvalue weighted by Crippen LogP contribution is 2.43. The van der Waals surface area contributed by atoms with Gasteiger partial charge in [0.05, 0.1) is 25.9 Å². The molecule has 0 bridgehead atoms. The number of carbonyl (C=O) groups is 2. The molecule has 0 fully saturated rings. The normalized spacial score (nSPS) is 15.2. The molecule has 364 valence electrons. The lowest BCUT2D eigenvalue weighted by molar-refractivity contribution is -0.161. The summed E-state index contributed by atoms with van der Waals surface area (Å²) in [6, 6.07) is 0. The van der Waals surface area contributed by atoms with E-state index in [0.717, 1.165) is 57.3 Å². The Morgan fingerprint density at radius 3 is 1.54 bits per heavy atom. The van der Waals surface area contributed by atoms with Gasteiger partial charge in [0, 0.05) is 12.8 Å². The van der Waals surface area contributed by atoms with Gasteiger partial charge in [0.2, 0.25) is 0 Å². The number of ether oxygens (including phenoxy) is 2. The predicted octanol–water partition coefficient (Wildman–Crippen LogP) is 11.0. The zero-order chi connectivity index (χ0) is 46.9. The smallest absolute Gasteiger partial charge is 0.462 e. The van der Waals surface area contributed by atoms with Crippen LogP contribution in [0.25, 0.3) is 0 Å². The first-order valence-corrected chi connectivity index (χ1v) is 26.1. The van der Waals surface area contributed by atoms with E-state index in [1.165, 1.54) is 70.3 Å². The van der Waals surface area contributed by atoms with Crippen molar-refractivity contribution in [1.29, 1.82) is 0 Å². The van der Waals surface area contributed by atoms with Gasteiger partial charge in [-0.1, -0.05) is 177 Å². The minimum absolute atomic E-state index is 0.0161. The number of allylic oxidation sites excluding steroid dienone is 11. The molecule has 0 aromatic carbocycles. The standard InChI is InChI=1S/C47H82O14P2/c1-4-5-6-7-8-9-10-11-12-13-16-19-22-25-28-31-34-43(48)36-37-47(51)61-45(41-60-63(55,56)59-39-44(49)38-58-62(52,53)54)40-57-46(50)35-32-29-26-23-20-17-14-15-18-21-24-27-30-33-42(2)3/h5-6,8-9,11-12,16,19,25,28,31,34,42-45,48-49H,4,7,10,13-15,17-18,20-24,26-27,29-30,32-33,35-41H2,1-3H3,(H,55,56)(H2,52,53,54)/b6-5-,9-8-,12-11-,19-16-,28-25-,34-31-/t43?,44-,45+/m0/s1. The van der Waals surface area contributed by atoms with Gasteiger partial charge < -0.3 is 34.4 Å². The Labute approximate surface area is 378 Å².